The van der Waals surface area contributed by atoms with Crippen molar-refractivity contribution in [3.63, 3.8) is 0 Å². The molecule has 3 rings (SSSR count). The average molecular weight is 473 g/mol. The summed E-state index contributed by atoms with van der Waals surface area (Å²) >= 11 is 3.30. The number of rotatable bonds is 6. The number of hydrazone groups is 1. The van der Waals surface area contributed by atoms with Gasteiger partial charge in [-0.2, -0.15) is 13.5 Å². The van der Waals surface area contributed by atoms with Crippen LogP contribution in [0.15, 0.2) is 87.3 Å². The Morgan fingerprint density at radius 1 is 1.03 bits per heavy atom. The van der Waals surface area contributed by atoms with Gasteiger partial charge in [0, 0.05) is 15.6 Å². The first-order valence-corrected chi connectivity index (χ1v) is 10.7. The topological polar surface area (TPSA) is 84.8 Å². The highest BCUT2D eigenvalue weighted by Crippen LogP contribution is 2.22. The van der Waals surface area contributed by atoms with Crippen molar-refractivity contribution in [2.24, 2.45) is 5.10 Å². The van der Waals surface area contributed by atoms with E-state index in [4.69, 9.17) is 4.18 Å². The van der Waals surface area contributed by atoms with E-state index in [1.165, 1.54) is 24.4 Å². The van der Waals surface area contributed by atoms with Gasteiger partial charge in [0.15, 0.2) is 5.75 Å². The zero-order valence-corrected chi connectivity index (χ0v) is 17.8. The lowest BCUT2D eigenvalue weighted by atomic mass is 10.2. The Hall–Kier alpha value is -2.97. The number of halogens is 1. The van der Waals surface area contributed by atoms with Crippen molar-refractivity contribution in [1.82, 2.24) is 5.43 Å². The van der Waals surface area contributed by atoms with Gasteiger partial charge in [-0.15, -0.1) is 0 Å². The number of benzene rings is 3. The predicted octanol–water partition coefficient (Wildman–Crippen LogP) is 4.29. The SMILES string of the molecule is Cc1ccc(S(=O)(=O)Oc2ccccc2/C=N/NC(=O)c2cccc(Br)c2)cc1. The minimum Gasteiger partial charge on any atom is -0.378 e. The van der Waals surface area contributed by atoms with E-state index >= 15 is 0 Å². The molecule has 3 aromatic carbocycles. The van der Waals surface area contributed by atoms with Crippen LogP contribution in [0.2, 0.25) is 0 Å². The number of amides is 1. The molecule has 0 atom stereocenters. The van der Waals surface area contributed by atoms with Gasteiger partial charge in [0.1, 0.15) is 4.90 Å². The number of para-hydroxylation sites is 1. The van der Waals surface area contributed by atoms with Crippen LogP contribution in [0.5, 0.6) is 5.75 Å². The lowest BCUT2D eigenvalue weighted by Crippen LogP contribution is -2.17. The van der Waals surface area contributed by atoms with E-state index in [1.54, 1.807) is 48.5 Å². The van der Waals surface area contributed by atoms with E-state index in [1.807, 2.05) is 13.0 Å². The highest BCUT2D eigenvalue weighted by atomic mass is 79.9. The number of hydrogen-bond acceptors (Lipinski definition) is 5. The fourth-order valence-corrected chi connectivity index (χ4v) is 3.74. The van der Waals surface area contributed by atoms with Crippen molar-refractivity contribution in [1.29, 1.82) is 0 Å². The molecule has 0 bridgehead atoms. The van der Waals surface area contributed by atoms with Crippen LogP contribution in [0.25, 0.3) is 0 Å². The lowest BCUT2D eigenvalue weighted by Gasteiger charge is -2.09. The third kappa shape index (κ3) is 5.52. The van der Waals surface area contributed by atoms with Crippen LogP contribution in [0, 0.1) is 6.92 Å². The van der Waals surface area contributed by atoms with E-state index in [2.05, 4.69) is 26.5 Å². The van der Waals surface area contributed by atoms with Crippen LogP contribution in [0.4, 0.5) is 0 Å². The molecule has 0 saturated heterocycles. The smallest absolute Gasteiger partial charge is 0.339 e. The van der Waals surface area contributed by atoms with Crippen molar-refractivity contribution in [3.05, 3.63) is 94.0 Å². The molecule has 1 N–H and O–H groups in total. The molecular weight excluding hydrogens is 456 g/mol. The monoisotopic (exact) mass is 472 g/mol. The second-order valence-electron chi connectivity index (χ2n) is 6.10. The third-order valence-corrected chi connectivity index (χ3v) is 5.63. The molecule has 0 aromatic heterocycles. The number of nitrogens with zero attached hydrogens (tertiary/aromatic N) is 1. The summed E-state index contributed by atoms with van der Waals surface area (Å²) in [4.78, 5) is 12.2. The summed E-state index contributed by atoms with van der Waals surface area (Å²) in [5, 5.41) is 3.91. The zero-order valence-electron chi connectivity index (χ0n) is 15.4. The van der Waals surface area contributed by atoms with E-state index in [9.17, 15) is 13.2 Å². The standard InChI is InChI=1S/C21H17BrN2O4S/c1-15-9-11-19(12-10-15)29(26,27)28-20-8-3-2-5-17(20)14-23-24-21(25)16-6-4-7-18(22)13-16/h2-14H,1H3,(H,24,25)/b23-14+. The fraction of sp³-hybridized carbons (Fsp3) is 0.0476. The van der Waals surface area contributed by atoms with Gasteiger partial charge in [-0.3, -0.25) is 4.79 Å². The summed E-state index contributed by atoms with van der Waals surface area (Å²) < 4.78 is 31.1. The maximum absolute atomic E-state index is 12.5. The molecule has 0 heterocycles. The number of aryl methyl sites for hydroxylation is 1. The van der Waals surface area contributed by atoms with Gasteiger partial charge in [-0.05, 0) is 49.4 Å². The van der Waals surface area contributed by atoms with Gasteiger partial charge in [-0.25, -0.2) is 5.43 Å². The summed E-state index contributed by atoms with van der Waals surface area (Å²) in [6.07, 6.45) is 1.33. The molecule has 0 aliphatic heterocycles. The van der Waals surface area contributed by atoms with Crippen LogP contribution in [0.1, 0.15) is 21.5 Å². The van der Waals surface area contributed by atoms with E-state index in [-0.39, 0.29) is 10.6 Å². The first-order valence-electron chi connectivity index (χ1n) is 8.54. The van der Waals surface area contributed by atoms with Crippen LogP contribution >= 0.6 is 15.9 Å². The van der Waals surface area contributed by atoms with Crippen molar-refractivity contribution < 1.29 is 17.4 Å². The molecule has 0 radical (unpaired) electrons. The summed E-state index contributed by atoms with van der Waals surface area (Å²) in [6, 6.07) is 19.7. The molecule has 0 spiro atoms. The van der Waals surface area contributed by atoms with E-state index in [0.29, 0.717) is 11.1 Å². The van der Waals surface area contributed by atoms with E-state index < -0.39 is 16.0 Å². The first-order chi connectivity index (χ1) is 13.8. The van der Waals surface area contributed by atoms with E-state index in [0.717, 1.165) is 10.0 Å². The Labute approximate surface area is 177 Å². The van der Waals surface area contributed by atoms with Gasteiger partial charge < -0.3 is 4.18 Å². The molecule has 6 nitrogen and oxygen atoms in total. The van der Waals surface area contributed by atoms with Gasteiger partial charge in [0.25, 0.3) is 5.91 Å². The second kappa shape index (κ2) is 9.02. The minimum absolute atomic E-state index is 0.0535. The van der Waals surface area contributed by atoms with Crippen LogP contribution in [0.3, 0.4) is 0 Å². The number of hydrogen-bond donors (Lipinski definition) is 1. The quantitative estimate of drug-likeness (QED) is 0.329. The molecule has 0 aliphatic carbocycles. The summed E-state index contributed by atoms with van der Waals surface area (Å²) in [7, 11) is -4.00. The van der Waals surface area contributed by atoms with Crippen molar-refractivity contribution in [3.8, 4) is 5.75 Å². The Balaban J connectivity index is 1.76. The third-order valence-electron chi connectivity index (χ3n) is 3.88. The summed E-state index contributed by atoms with van der Waals surface area (Å²) in [5.74, 6) is -0.290. The second-order valence-corrected chi connectivity index (χ2v) is 8.56. The maximum Gasteiger partial charge on any atom is 0.339 e. The van der Waals surface area contributed by atoms with Crippen molar-refractivity contribution in [2.45, 2.75) is 11.8 Å². The molecule has 0 fully saturated rings. The molecule has 1 amide bonds. The molecule has 8 heteroatoms. The first kappa shape index (κ1) is 20.8. The van der Waals surface area contributed by atoms with Crippen LogP contribution in [-0.4, -0.2) is 20.5 Å². The maximum atomic E-state index is 12.5. The van der Waals surface area contributed by atoms with Gasteiger partial charge in [0.05, 0.1) is 6.21 Å². The highest BCUT2D eigenvalue weighted by molar-refractivity contribution is 9.10. The minimum atomic E-state index is -4.00. The summed E-state index contributed by atoms with van der Waals surface area (Å²) in [5.41, 5.74) is 4.18. The average Bonchev–Trinajstić information content (AvgIpc) is 2.69. The number of carbonyl (C=O) groups excluding carboxylic acids is 1. The Morgan fingerprint density at radius 2 is 1.76 bits per heavy atom. The molecule has 29 heavy (non-hydrogen) atoms. The predicted molar refractivity (Wildman–Crippen MR) is 115 cm³/mol. The summed E-state index contributed by atoms with van der Waals surface area (Å²) in [6.45, 7) is 1.87. The highest BCUT2D eigenvalue weighted by Gasteiger charge is 2.17. The molecule has 148 valence electrons. The molecule has 0 aliphatic rings. The Bertz CT molecular complexity index is 1160. The Morgan fingerprint density at radius 3 is 2.48 bits per heavy atom. The van der Waals surface area contributed by atoms with Gasteiger partial charge in [0.2, 0.25) is 0 Å². The molecule has 0 unspecified atom stereocenters. The zero-order chi connectivity index (χ0) is 20.9. The van der Waals surface area contributed by atoms with Crippen molar-refractivity contribution >= 4 is 38.2 Å². The lowest BCUT2D eigenvalue weighted by molar-refractivity contribution is 0.0955. The molecular formula is C21H17BrN2O4S. The van der Waals surface area contributed by atoms with Gasteiger partial charge >= 0.3 is 10.1 Å². The molecule has 0 saturated carbocycles. The van der Waals surface area contributed by atoms with Crippen LogP contribution in [-0.2, 0) is 10.1 Å². The Kier molecular flexibility index (Phi) is 6.46. The van der Waals surface area contributed by atoms with Gasteiger partial charge in [-0.1, -0.05) is 51.8 Å². The number of carbonyl (C=O) groups is 1. The normalized spacial score (nSPS) is 11.4. The largest absolute Gasteiger partial charge is 0.378 e. The van der Waals surface area contributed by atoms with Crippen LogP contribution < -0.4 is 9.61 Å². The molecule has 3 aromatic rings. The van der Waals surface area contributed by atoms with Crippen molar-refractivity contribution in [2.75, 3.05) is 0 Å². The number of nitrogens with one attached hydrogen (secondary N) is 1. The fourth-order valence-electron chi connectivity index (χ4n) is 2.39.